The number of allylic oxidation sites excluding steroid dienone is 21. The zero-order valence-corrected chi connectivity index (χ0v) is 66.9. The van der Waals surface area contributed by atoms with Crippen molar-refractivity contribution in [2.24, 2.45) is 0 Å². The van der Waals surface area contributed by atoms with Crippen LogP contribution in [0.2, 0.25) is 0 Å². The van der Waals surface area contributed by atoms with Gasteiger partial charge in [0.15, 0.2) is 12.2 Å². The lowest BCUT2D eigenvalue weighted by Gasteiger charge is -2.21. The van der Waals surface area contributed by atoms with E-state index in [9.17, 15) is 43.2 Å². The Labute approximate surface area is 631 Å². The van der Waals surface area contributed by atoms with Gasteiger partial charge in [0.05, 0.1) is 32.8 Å². The molecule has 5 atom stereocenters. The average Bonchev–Trinajstić information content (AvgIpc) is 0.926. The van der Waals surface area contributed by atoms with Gasteiger partial charge in [0.25, 0.3) is 0 Å². The Kier molecular flexibility index (Phi) is 72.9. The van der Waals surface area contributed by atoms with E-state index in [-0.39, 0.29) is 25.7 Å². The van der Waals surface area contributed by atoms with Crippen molar-refractivity contribution in [3.8, 4) is 0 Å². The average molecular weight is 1500 g/mol. The molecule has 5 unspecified atom stereocenters. The van der Waals surface area contributed by atoms with E-state index in [4.69, 9.17) is 37.0 Å². The number of carbonyl (C=O) groups is 4. The van der Waals surface area contributed by atoms with E-state index in [1.165, 1.54) is 64.2 Å². The van der Waals surface area contributed by atoms with Gasteiger partial charge in [-0.2, -0.15) is 0 Å². The highest BCUT2D eigenvalue weighted by Crippen LogP contribution is 2.45. The van der Waals surface area contributed by atoms with Crippen molar-refractivity contribution in [2.45, 2.75) is 341 Å². The van der Waals surface area contributed by atoms with Crippen molar-refractivity contribution in [1.29, 1.82) is 0 Å². The van der Waals surface area contributed by atoms with E-state index in [0.29, 0.717) is 25.7 Å². The first-order chi connectivity index (χ1) is 50.7. The maximum absolute atomic E-state index is 13.1. The number of unbranched alkanes of at least 4 members (excludes halogenated alkanes) is 28. The molecule has 3 N–H and O–H groups in total. The molecule has 0 radical (unpaired) electrons. The fourth-order valence-corrected chi connectivity index (χ4v) is 12.2. The van der Waals surface area contributed by atoms with Crippen LogP contribution in [0.5, 0.6) is 0 Å². The third kappa shape index (κ3) is 75.4. The lowest BCUT2D eigenvalue weighted by atomic mass is 10.0. The molecule has 0 aliphatic carbocycles. The van der Waals surface area contributed by atoms with Gasteiger partial charge in [-0.15, -0.1) is 0 Å². The number of rotatable bonds is 75. The van der Waals surface area contributed by atoms with Crippen LogP contribution in [0.4, 0.5) is 0 Å². The zero-order valence-electron chi connectivity index (χ0n) is 65.2. The Morgan fingerprint density at radius 1 is 0.288 bits per heavy atom. The number of carbonyl (C=O) groups excluding carboxylic acids is 4. The first-order valence-electron chi connectivity index (χ1n) is 40.4. The van der Waals surface area contributed by atoms with Crippen molar-refractivity contribution in [3.63, 3.8) is 0 Å². The topological polar surface area (TPSA) is 237 Å². The molecule has 0 fully saturated rings. The van der Waals surface area contributed by atoms with Gasteiger partial charge in [-0.05, 0) is 116 Å². The molecule has 19 heteroatoms. The molecule has 0 heterocycles. The third-order valence-electron chi connectivity index (χ3n) is 16.7. The van der Waals surface area contributed by atoms with E-state index in [1.807, 2.05) is 18.2 Å². The lowest BCUT2D eigenvalue weighted by molar-refractivity contribution is -0.161. The molecule has 0 saturated carbocycles. The van der Waals surface area contributed by atoms with E-state index >= 15 is 0 Å². The number of aliphatic hydroxyl groups is 1. The van der Waals surface area contributed by atoms with Gasteiger partial charge >= 0.3 is 39.5 Å². The summed E-state index contributed by atoms with van der Waals surface area (Å²) >= 11 is 0. The molecule has 596 valence electrons. The van der Waals surface area contributed by atoms with E-state index in [1.54, 1.807) is 6.08 Å². The normalized spacial score (nSPS) is 14.6. The molecule has 0 aromatic rings. The summed E-state index contributed by atoms with van der Waals surface area (Å²) in [7, 11) is -9.99. The first kappa shape index (κ1) is 99.2. The van der Waals surface area contributed by atoms with Crippen molar-refractivity contribution in [2.75, 3.05) is 39.6 Å². The molecule has 0 amide bonds. The lowest BCUT2D eigenvalue weighted by Crippen LogP contribution is -2.30. The van der Waals surface area contributed by atoms with Gasteiger partial charge in [-0.1, -0.05) is 315 Å². The van der Waals surface area contributed by atoms with Crippen LogP contribution in [-0.4, -0.2) is 96.7 Å². The monoisotopic (exact) mass is 1500 g/mol. The van der Waals surface area contributed by atoms with Crippen LogP contribution in [0.3, 0.4) is 0 Å². The summed E-state index contributed by atoms with van der Waals surface area (Å²) in [5, 5.41) is 10.6. The predicted octanol–water partition coefficient (Wildman–Crippen LogP) is 23.7. The van der Waals surface area contributed by atoms with Crippen LogP contribution in [0, 0.1) is 0 Å². The van der Waals surface area contributed by atoms with Crippen LogP contribution in [0.1, 0.15) is 323 Å². The van der Waals surface area contributed by atoms with E-state index in [0.717, 1.165) is 180 Å². The molecule has 0 saturated heterocycles. The fourth-order valence-electron chi connectivity index (χ4n) is 10.6. The van der Waals surface area contributed by atoms with Gasteiger partial charge in [-0.25, -0.2) is 9.13 Å². The third-order valence-corrected chi connectivity index (χ3v) is 18.6. The molecule has 0 aliphatic heterocycles. The molecule has 17 nitrogen and oxygen atoms in total. The van der Waals surface area contributed by atoms with Gasteiger partial charge in [0, 0.05) is 19.3 Å². The Balaban J connectivity index is 5.43. The van der Waals surface area contributed by atoms with Crippen molar-refractivity contribution in [1.82, 2.24) is 0 Å². The minimum atomic E-state index is -5.00. The summed E-state index contributed by atoms with van der Waals surface area (Å²) in [5.41, 5.74) is 0. The molecule has 0 aromatic carbocycles. The number of aliphatic hydroxyl groups excluding tert-OH is 1. The van der Waals surface area contributed by atoms with Gasteiger partial charge in [-0.3, -0.25) is 37.3 Å². The molecular formula is C85H144O17P2. The number of hydrogen-bond acceptors (Lipinski definition) is 15. The van der Waals surface area contributed by atoms with Gasteiger partial charge < -0.3 is 33.8 Å². The maximum atomic E-state index is 13.1. The van der Waals surface area contributed by atoms with Gasteiger partial charge in [0.2, 0.25) is 0 Å². The second-order valence-electron chi connectivity index (χ2n) is 26.6. The predicted molar refractivity (Wildman–Crippen MR) is 427 cm³/mol. The van der Waals surface area contributed by atoms with Crippen molar-refractivity contribution >= 4 is 39.5 Å². The summed E-state index contributed by atoms with van der Waals surface area (Å²) < 4.78 is 68.5. The molecule has 0 bridgehead atoms. The van der Waals surface area contributed by atoms with Crippen LogP contribution in [-0.2, 0) is 65.4 Å². The highest BCUT2D eigenvalue weighted by atomic mass is 31.2. The maximum Gasteiger partial charge on any atom is 0.472 e. The summed E-state index contributed by atoms with van der Waals surface area (Å²) in [5.74, 6) is -2.33. The van der Waals surface area contributed by atoms with Crippen LogP contribution in [0.25, 0.3) is 0 Å². The SMILES string of the molecule is CC/C=C\C/C=C\C/C=C\C/C=C\C/C=C\CC(=O)OCC(COP(=O)(O)OCC(O)COP(=O)(O)OCC(COC(=O)CCCCCCCCC/C=C\C/C=C\C/C=C\CC)OC(=O)CCCCCCCCC/C=C\C/C=C\C/C=C\CC)OC(=O)CCCCCCCCCCCCCCCCC. The minimum absolute atomic E-state index is 0.0708. The fraction of sp³-hybridized carbons (Fsp3) is 0.694. The molecule has 104 heavy (non-hydrogen) atoms. The smallest absolute Gasteiger partial charge is 0.462 e. The number of phosphoric acid groups is 2. The molecule has 0 rings (SSSR count). The number of hydrogen-bond donors (Lipinski definition) is 3. The number of ether oxygens (including phenoxy) is 4. The highest BCUT2D eigenvalue weighted by molar-refractivity contribution is 7.47. The first-order valence-corrected chi connectivity index (χ1v) is 43.4. The number of esters is 4. The Morgan fingerprint density at radius 2 is 0.538 bits per heavy atom. The highest BCUT2D eigenvalue weighted by Gasteiger charge is 2.30. The molecule has 0 aromatic heterocycles. The molecule has 0 aliphatic rings. The van der Waals surface area contributed by atoms with Crippen LogP contribution in [0.15, 0.2) is 134 Å². The minimum Gasteiger partial charge on any atom is -0.462 e. The number of phosphoric ester groups is 2. The Hall–Kier alpha value is -4.80. The van der Waals surface area contributed by atoms with E-state index in [2.05, 4.69) is 137 Å². The van der Waals surface area contributed by atoms with Crippen LogP contribution >= 0.6 is 15.6 Å². The summed E-state index contributed by atoms with van der Waals surface area (Å²) in [4.78, 5) is 73.0. The van der Waals surface area contributed by atoms with Crippen molar-refractivity contribution in [3.05, 3.63) is 134 Å². The Morgan fingerprint density at radius 3 is 0.856 bits per heavy atom. The largest absolute Gasteiger partial charge is 0.472 e. The molecular weight excluding hydrogens is 1350 g/mol. The quantitative estimate of drug-likeness (QED) is 0.0169. The van der Waals surface area contributed by atoms with E-state index < -0.39 is 97.5 Å². The second kappa shape index (κ2) is 76.4. The summed E-state index contributed by atoms with van der Waals surface area (Å²) in [6.45, 7) is 4.44. The second-order valence-corrected chi connectivity index (χ2v) is 29.5. The van der Waals surface area contributed by atoms with Crippen molar-refractivity contribution < 1.29 is 80.2 Å². The summed E-state index contributed by atoms with van der Waals surface area (Å²) in [6, 6.07) is 0. The summed E-state index contributed by atoms with van der Waals surface area (Å²) in [6.07, 6.45) is 86.0. The van der Waals surface area contributed by atoms with Gasteiger partial charge in [0.1, 0.15) is 19.3 Å². The molecule has 0 spiro atoms. The Bertz CT molecular complexity index is 2490. The standard InChI is InChI=1S/C85H144O17P2/c1-5-9-13-17-21-25-29-33-37-39-43-46-50-54-58-62-66-70-83(88)96-76-81(102-85(90)72-68-64-60-56-52-48-44-40-38-34-30-26-22-18-14-10-6-2)78-100-104(93,94)98-74-79(86)73-97-103(91,92)99-77-80(101-84(89)71-67-63-59-55-51-47-42-36-32-28-24-20-16-12-8-4)75-95-82(87)69-65-61-57-53-49-45-41-35-31-27-23-19-15-11-7-3/h9-11,13-15,21-23,25-27,33-35,37-38,41,49,53,61,65,79-81,86H,5-8,12,16-20,24,28-32,36,39-40,42-48,50-52,54-60,62-64,66-78H2,1-4H3,(H,91,92)(H,93,94)/b13-9-,14-10-,15-11-,25-21-,26-22-,27-23-,37-33-,38-34-,41-35-,53-49-,65-61-. The van der Waals surface area contributed by atoms with Crippen LogP contribution < -0.4 is 0 Å². The zero-order chi connectivity index (χ0) is 76.0.